The summed E-state index contributed by atoms with van der Waals surface area (Å²) in [4.78, 5) is 12.4. The maximum absolute atomic E-state index is 12.9. The summed E-state index contributed by atoms with van der Waals surface area (Å²) in [6, 6.07) is 9.97. The van der Waals surface area contributed by atoms with Crippen molar-refractivity contribution in [1.29, 1.82) is 0 Å². The molecule has 0 radical (unpaired) electrons. The van der Waals surface area contributed by atoms with Crippen LogP contribution in [0.3, 0.4) is 0 Å². The van der Waals surface area contributed by atoms with Gasteiger partial charge in [0.2, 0.25) is 10.0 Å². The molecule has 0 bridgehead atoms. The molecule has 1 heterocycles. The van der Waals surface area contributed by atoms with E-state index in [0.717, 1.165) is 19.3 Å². The van der Waals surface area contributed by atoms with E-state index in [2.05, 4.69) is 10.1 Å². The largest absolute Gasteiger partial charge is 0.435 e. The average molecular weight is 459 g/mol. The number of carbonyl (C=O) groups is 1. The van der Waals surface area contributed by atoms with Crippen molar-refractivity contribution in [3.05, 3.63) is 58.6 Å². The molecule has 6 nitrogen and oxygen atoms in total. The Morgan fingerprint density at radius 2 is 1.77 bits per heavy atom. The number of hydrogen-bond acceptors (Lipinski definition) is 4. The fraction of sp³-hybridized carbons (Fsp3) is 0.350. The summed E-state index contributed by atoms with van der Waals surface area (Å²) in [7, 11) is -3.78. The fourth-order valence-corrected chi connectivity index (χ4v) is 5.18. The molecule has 1 saturated heterocycles. The monoisotopic (exact) mass is 458 g/mol. The van der Waals surface area contributed by atoms with E-state index in [0.29, 0.717) is 18.7 Å². The summed E-state index contributed by atoms with van der Waals surface area (Å²) in [5, 5.41) is 2.74. The first-order valence-electron chi connectivity index (χ1n) is 9.39. The molecule has 0 unspecified atom stereocenters. The van der Waals surface area contributed by atoms with E-state index >= 15 is 0 Å². The summed E-state index contributed by atoms with van der Waals surface area (Å²) in [5.41, 5.74) is 0.827. The van der Waals surface area contributed by atoms with E-state index in [4.69, 9.17) is 11.6 Å². The summed E-state index contributed by atoms with van der Waals surface area (Å²) in [6.45, 7) is -1.92. The van der Waals surface area contributed by atoms with Gasteiger partial charge in [0.15, 0.2) is 0 Å². The minimum Gasteiger partial charge on any atom is -0.435 e. The Balaban J connectivity index is 1.70. The number of carbonyl (C=O) groups excluding carboxylic acids is 1. The van der Waals surface area contributed by atoms with Gasteiger partial charge in [-0.05, 0) is 48.7 Å². The quantitative estimate of drug-likeness (QED) is 0.679. The molecule has 0 aromatic heterocycles. The molecule has 2 aromatic carbocycles. The lowest BCUT2D eigenvalue weighted by Gasteiger charge is -2.26. The van der Waals surface area contributed by atoms with Crippen LogP contribution >= 0.6 is 11.6 Å². The van der Waals surface area contributed by atoms with E-state index in [1.165, 1.54) is 34.6 Å². The molecular weight excluding hydrogens is 438 g/mol. The standard InChI is InChI=1S/C20H21ClF2N2O4S/c21-17-9-6-15(12-18(17)30(27,28)25-10-2-1-3-11-25)19(26)24-13-14-4-7-16(8-5-14)29-20(22)23/h4-9,12,20H,1-3,10-11,13H2,(H,24,26). The summed E-state index contributed by atoms with van der Waals surface area (Å²) >= 11 is 6.13. The number of nitrogens with zero attached hydrogens (tertiary/aromatic N) is 1. The smallest absolute Gasteiger partial charge is 0.387 e. The Kier molecular flexibility index (Phi) is 7.27. The molecule has 162 valence electrons. The third-order valence-corrected chi connectivity index (χ3v) is 7.11. The number of rotatable bonds is 7. The van der Waals surface area contributed by atoms with Gasteiger partial charge in [-0.25, -0.2) is 8.42 Å². The Morgan fingerprint density at radius 1 is 1.10 bits per heavy atom. The SMILES string of the molecule is O=C(NCc1ccc(OC(F)F)cc1)c1ccc(Cl)c(S(=O)(=O)N2CCCCC2)c1. The van der Waals surface area contributed by atoms with Crippen LogP contribution < -0.4 is 10.1 Å². The van der Waals surface area contributed by atoms with Gasteiger partial charge in [0.1, 0.15) is 10.6 Å². The van der Waals surface area contributed by atoms with E-state index in [9.17, 15) is 22.0 Å². The number of alkyl halides is 2. The number of amides is 1. The Labute approximate surface area is 178 Å². The highest BCUT2D eigenvalue weighted by atomic mass is 35.5. The molecule has 0 atom stereocenters. The van der Waals surface area contributed by atoms with Gasteiger partial charge >= 0.3 is 6.61 Å². The van der Waals surface area contributed by atoms with Gasteiger partial charge in [0, 0.05) is 25.2 Å². The Hall–Kier alpha value is -2.23. The lowest BCUT2D eigenvalue weighted by Crippen LogP contribution is -2.36. The van der Waals surface area contributed by atoms with Crippen LogP contribution in [0.15, 0.2) is 47.4 Å². The van der Waals surface area contributed by atoms with E-state index in [-0.39, 0.29) is 27.8 Å². The first-order valence-corrected chi connectivity index (χ1v) is 11.2. The van der Waals surface area contributed by atoms with Crippen molar-refractivity contribution < 1.29 is 26.7 Å². The van der Waals surface area contributed by atoms with Gasteiger partial charge in [0.05, 0.1) is 5.02 Å². The summed E-state index contributed by atoms with van der Waals surface area (Å²) in [5.74, 6) is -0.458. The van der Waals surface area contributed by atoms with Gasteiger partial charge in [-0.2, -0.15) is 13.1 Å². The zero-order valence-electron chi connectivity index (χ0n) is 16.0. The van der Waals surface area contributed by atoms with E-state index in [1.54, 1.807) is 12.1 Å². The van der Waals surface area contributed by atoms with Crippen LogP contribution in [-0.2, 0) is 16.6 Å². The third-order valence-electron chi connectivity index (χ3n) is 4.73. The molecule has 1 fully saturated rings. The number of halogens is 3. The molecule has 1 aliphatic rings. The number of sulfonamides is 1. The fourth-order valence-electron chi connectivity index (χ4n) is 3.16. The molecule has 0 saturated carbocycles. The van der Waals surface area contributed by atoms with Crippen LogP contribution in [0.2, 0.25) is 5.02 Å². The second-order valence-corrected chi connectivity index (χ2v) is 9.13. The Morgan fingerprint density at radius 3 is 2.40 bits per heavy atom. The zero-order valence-corrected chi connectivity index (χ0v) is 17.6. The van der Waals surface area contributed by atoms with Crippen LogP contribution in [0.25, 0.3) is 0 Å². The van der Waals surface area contributed by atoms with Crippen molar-refractivity contribution in [2.75, 3.05) is 13.1 Å². The lowest BCUT2D eigenvalue weighted by atomic mass is 10.2. The number of benzene rings is 2. The molecule has 3 rings (SSSR count). The lowest BCUT2D eigenvalue weighted by molar-refractivity contribution is -0.0498. The molecule has 0 aliphatic carbocycles. The molecule has 1 aliphatic heterocycles. The van der Waals surface area contributed by atoms with Gasteiger partial charge in [-0.1, -0.05) is 30.2 Å². The van der Waals surface area contributed by atoms with Crippen LogP contribution in [0.5, 0.6) is 5.75 Å². The normalized spacial score (nSPS) is 15.2. The molecule has 1 amide bonds. The van der Waals surface area contributed by atoms with Crippen LogP contribution in [0.1, 0.15) is 35.2 Å². The molecular formula is C20H21ClF2N2O4S. The highest BCUT2D eigenvalue weighted by Crippen LogP contribution is 2.28. The van der Waals surface area contributed by atoms with Gasteiger partial charge < -0.3 is 10.1 Å². The highest BCUT2D eigenvalue weighted by Gasteiger charge is 2.28. The van der Waals surface area contributed by atoms with E-state index < -0.39 is 22.5 Å². The topological polar surface area (TPSA) is 75.7 Å². The first kappa shape index (κ1) is 22.5. The van der Waals surface area contributed by atoms with Crippen molar-refractivity contribution in [2.45, 2.75) is 37.3 Å². The predicted molar refractivity (Wildman–Crippen MR) is 108 cm³/mol. The maximum Gasteiger partial charge on any atom is 0.387 e. The molecule has 0 spiro atoms. The van der Waals surface area contributed by atoms with Crippen molar-refractivity contribution >= 4 is 27.5 Å². The minimum absolute atomic E-state index is 0.0188. The Bertz CT molecular complexity index is 994. The number of nitrogens with one attached hydrogen (secondary N) is 1. The average Bonchev–Trinajstić information content (AvgIpc) is 2.73. The highest BCUT2D eigenvalue weighted by molar-refractivity contribution is 7.89. The molecule has 2 aromatic rings. The van der Waals surface area contributed by atoms with Crippen molar-refractivity contribution in [1.82, 2.24) is 9.62 Å². The third kappa shape index (κ3) is 5.47. The van der Waals surface area contributed by atoms with Gasteiger partial charge in [-0.15, -0.1) is 0 Å². The second-order valence-electron chi connectivity index (χ2n) is 6.82. The summed E-state index contributed by atoms with van der Waals surface area (Å²) < 4.78 is 55.9. The van der Waals surface area contributed by atoms with E-state index in [1.807, 2.05) is 0 Å². The molecule has 10 heteroatoms. The first-order chi connectivity index (χ1) is 14.3. The van der Waals surface area contributed by atoms with Crippen molar-refractivity contribution in [2.24, 2.45) is 0 Å². The van der Waals surface area contributed by atoms with Crippen molar-refractivity contribution in [3.8, 4) is 5.75 Å². The number of ether oxygens (including phenoxy) is 1. The number of hydrogen-bond donors (Lipinski definition) is 1. The molecule has 1 N–H and O–H groups in total. The van der Waals surface area contributed by atoms with Crippen molar-refractivity contribution in [3.63, 3.8) is 0 Å². The maximum atomic E-state index is 12.9. The predicted octanol–water partition coefficient (Wildman–Crippen LogP) is 4.05. The van der Waals surface area contributed by atoms with Crippen LogP contribution in [-0.4, -0.2) is 38.3 Å². The zero-order chi connectivity index (χ0) is 21.7. The number of piperidine rings is 1. The summed E-state index contributed by atoms with van der Waals surface area (Å²) in [6.07, 6.45) is 2.56. The van der Waals surface area contributed by atoms with Gasteiger partial charge in [-0.3, -0.25) is 4.79 Å². The minimum atomic E-state index is -3.78. The van der Waals surface area contributed by atoms with Crippen LogP contribution in [0.4, 0.5) is 8.78 Å². The molecule has 30 heavy (non-hydrogen) atoms. The second kappa shape index (κ2) is 9.72. The van der Waals surface area contributed by atoms with Crippen LogP contribution in [0, 0.1) is 0 Å². The van der Waals surface area contributed by atoms with Gasteiger partial charge in [0.25, 0.3) is 5.91 Å².